The van der Waals surface area contributed by atoms with Crippen LogP contribution in [-0.4, -0.2) is 31.3 Å². The number of fused-ring (bicyclic) bond motifs is 1. The second-order valence-electron chi connectivity index (χ2n) is 7.11. The summed E-state index contributed by atoms with van der Waals surface area (Å²) in [7, 11) is -2.76. The molecule has 0 fully saturated rings. The molecule has 1 aromatic heterocycles. The number of aromatic amines is 1. The van der Waals surface area contributed by atoms with Gasteiger partial charge >= 0.3 is 0 Å². The Balaban J connectivity index is 1.70. The minimum Gasteiger partial charge on any atom is -0.497 e. The number of non-ortho nitro benzene ring substituents is 1. The van der Waals surface area contributed by atoms with E-state index in [2.05, 4.69) is 10.3 Å². The Morgan fingerprint density at radius 1 is 1.09 bits per heavy atom. The molecule has 10 nitrogen and oxygen atoms in total. The van der Waals surface area contributed by atoms with Gasteiger partial charge in [0.1, 0.15) is 17.0 Å². The third-order valence-corrected chi connectivity index (χ3v) is 6.50. The molecule has 3 N–H and O–H groups in total. The van der Waals surface area contributed by atoms with E-state index >= 15 is 0 Å². The van der Waals surface area contributed by atoms with Crippen LogP contribution in [0.25, 0.3) is 10.9 Å². The zero-order valence-electron chi connectivity index (χ0n) is 17.5. The molecule has 1 heterocycles. The lowest BCUT2D eigenvalue weighted by Crippen LogP contribution is -2.30. The Morgan fingerprint density at radius 3 is 2.47 bits per heavy atom. The molecule has 0 saturated carbocycles. The molecule has 34 heavy (non-hydrogen) atoms. The maximum atomic E-state index is 12.8. The number of hydrogen-bond acceptors (Lipinski definition) is 7. The number of nitrogens with one attached hydrogen (secondary N) is 3. The highest BCUT2D eigenvalue weighted by atomic mass is 35.5. The maximum absolute atomic E-state index is 12.8. The lowest BCUT2D eigenvalue weighted by atomic mass is 10.1. The van der Waals surface area contributed by atoms with Gasteiger partial charge in [0.05, 0.1) is 16.9 Å². The van der Waals surface area contributed by atoms with Gasteiger partial charge in [-0.3, -0.25) is 14.9 Å². The highest BCUT2D eigenvalue weighted by Crippen LogP contribution is 2.34. The fraction of sp³-hybridized carbons (Fsp3) is 0.0455. The average molecular weight is 501 g/mol. The number of hydrogen-bond donors (Lipinski definition) is 3. The first kappa shape index (κ1) is 23.1. The molecule has 174 valence electrons. The van der Waals surface area contributed by atoms with E-state index in [1.54, 1.807) is 24.3 Å². The van der Waals surface area contributed by atoms with Crippen LogP contribution < -0.4 is 14.8 Å². The van der Waals surface area contributed by atoms with Crippen molar-refractivity contribution in [3.05, 3.63) is 87.6 Å². The number of sulfonamides is 1. The fourth-order valence-electron chi connectivity index (χ4n) is 3.30. The molecule has 0 saturated heterocycles. The van der Waals surface area contributed by atoms with Gasteiger partial charge in [-0.25, -0.2) is 13.1 Å². The number of nitro benzene ring substituents is 1. The molecule has 1 amide bonds. The van der Waals surface area contributed by atoms with Crippen LogP contribution in [0.5, 0.6) is 5.75 Å². The molecular weight excluding hydrogens is 484 g/mol. The van der Waals surface area contributed by atoms with E-state index in [4.69, 9.17) is 16.3 Å². The summed E-state index contributed by atoms with van der Waals surface area (Å²) in [4.78, 5) is 26.2. The Bertz CT molecular complexity index is 1520. The number of carbonyl (C=O) groups excluding carboxylic acids is 1. The molecule has 0 unspecified atom stereocenters. The van der Waals surface area contributed by atoms with Crippen molar-refractivity contribution in [2.45, 2.75) is 4.90 Å². The number of ether oxygens (including phenoxy) is 1. The van der Waals surface area contributed by atoms with Crippen LogP contribution in [0.2, 0.25) is 5.02 Å². The number of nitro groups is 1. The molecule has 0 spiro atoms. The van der Waals surface area contributed by atoms with Crippen LogP contribution in [0, 0.1) is 10.1 Å². The Labute approximate surface area is 198 Å². The topological polar surface area (TPSA) is 143 Å². The summed E-state index contributed by atoms with van der Waals surface area (Å²) in [5, 5.41) is 15.4. The van der Waals surface area contributed by atoms with E-state index in [0.717, 1.165) is 0 Å². The second-order valence-corrected chi connectivity index (χ2v) is 9.23. The molecule has 0 aliphatic rings. The van der Waals surface area contributed by atoms with E-state index in [0.29, 0.717) is 27.5 Å². The smallest absolute Gasteiger partial charge is 0.293 e. The highest BCUT2D eigenvalue weighted by molar-refractivity contribution is 7.90. The minimum absolute atomic E-state index is 0.0593. The SMILES string of the molecule is COc1ccc(S(=O)(=O)NC(=O)c2cc3c(Nc4cccc(Cl)c4)ccc([N+](=O)[O-])c3[nH]2)cc1. The molecule has 0 radical (unpaired) electrons. The fourth-order valence-corrected chi connectivity index (χ4v) is 4.46. The van der Waals surface area contributed by atoms with Gasteiger partial charge in [0.25, 0.3) is 21.6 Å². The highest BCUT2D eigenvalue weighted by Gasteiger charge is 2.23. The minimum atomic E-state index is -4.20. The molecule has 3 aromatic carbocycles. The number of anilines is 2. The van der Waals surface area contributed by atoms with Crippen molar-refractivity contribution >= 4 is 55.5 Å². The van der Waals surface area contributed by atoms with Crippen molar-refractivity contribution in [3.63, 3.8) is 0 Å². The van der Waals surface area contributed by atoms with Gasteiger partial charge in [-0.05, 0) is 54.6 Å². The standard InChI is InChI=1S/C22H17ClN4O6S/c1-33-15-5-7-16(8-6-15)34(31,32)26-22(28)19-12-17-18(24-14-4-2-3-13(23)11-14)9-10-20(27(29)30)21(17)25-19/h2-12,24-25H,1H3,(H,26,28). The monoisotopic (exact) mass is 500 g/mol. The Kier molecular flexibility index (Phi) is 6.14. The molecule has 0 bridgehead atoms. The molecule has 0 aliphatic heterocycles. The zero-order valence-corrected chi connectivity index (χ0v) is 19.1. The van der Waals surface area contributed by atoms with E-state index < -0.39 is 20.9 Å². The number of halogens is 1. The average Bonchev–Trinajstić information content (AvgIpc) is 3.25. The summed E-state index contributed by atoms with van der Waals surface area (Å²) in [6, 6.07) is 16.4. The van der Waals surface area contributed by atoms with Crippen molar-refractivity contribution in [3.8, 4) is 5.75 Å². The molecule has 0 aliphatic carbocycles. The van der Waals surface area contributed by atoms with Crippen LogP contribution in [0.1, 0.15) is 10.5 Å². The third kappa shape index (κ3) is 4.65. The van der Waals surface area contributed by atoms with Crippen LogP contribution >= 0.6 is 11.6 Å². The van der Waals surface area contributed by atoms with E-state index in [-0.39, 0.29) is 21.8 Å². The van der Waals surface area contributed by atoms with Gasteiger partial charge in [-0.1, -0.05) is 17.7 Å². The number of H-pyrrole nitrogens is 1. The van der Waals surface area contributed by atoms with Gasteiger partial charge in [-0.15, -0.1) is 0 Å². The molecule has 0 atom stereocenters. The summed E-state index contributed by atoms with van der Waals surface area (Å²) in [6.07, 6.45) is 0. The van der Waals surface area contributed by atoms with Crippen LogP contribution in [-0.2, 0) is 10.0 Å². The van der Waals surface area contributed by atoms with Crippen molar-refractivity contribution in [2.24, 2.45) is 0 Å². The van der Waals surface area contributed by atoms with Gasteiger partial charge in [0.15, 0.2) is 0 Å². The summed E-state index contributed by atoms with van der Waals surface area (Å²) < 4.78 is 32.2. The third-order valence-electron chi connectivity index (χ3n) is 4.91. The Morgan fingerprint density at radius 2 is 1.82 bits per heavy atom. The molecule has 4 rings (SSSR count). The van der Waals surface area contributed by atoms with Gasteiger partial charge < -0.3 is 15.0 Å². The maximum Gasteiger partial charge on any atom is 0.293 e. The number of carbonyl (C=O) groups is 1. The van der Waals surface area contributed by atoms with Crippen LogP contribution in [0.4, 0.5) is 17.1 Å². The number of aromatic nitrogens is 1. The summed E-state index contributed by atoms with van der Waals surface area (Å²) in [6.45, 7) is 0. The molecule has 4 aromatic rings. The van der Waals surface area contributed by atoms with Crippen LogP contribution in [0.3, 0.4) is 0 Å². The van der Waals surface area contributed by atoms with E-state index in [1.807, 2.05) is 4.72 Å². The van der Waals surface area contributed by atoms with Gasteiger partial charge in [0.2, 0.25) is 0 Å². The molecule has 12 heteroatoms. The predicted octanol–water partition coefficient (Wildman–Crippen LogP) is 4.60. The first-order valence-corrected chi connectivity index (χ1v) is 11.6. The number of nitrogens with zero attached hydrogens (tertiary/aromatic N) is 1. The predicted molar refractivity (Wildman–Crippen MR) is 127 cm³/mol. The summed E-state index contributed by atoms with van der Waals surface area (Å²) in [5.74, 6) is -0.525. The number of amides is 1. The van der Waals surface area contributed by atoms with E-state index in [9.17, 15) is 23.3 Å². The first-order chi connectivity index (χ1) is 16.2. The van der Waals surface area contributed by atoms with Crippen molar-refractivity contribution in [1.29, 1.82) is 0 Å². The van der Waals surface area contributed by atoms with Crippen molar-refractivity contribution in [2.75, 3.05) is 12.4 Å². The summed E-state index contributed by atoms with van der Waals surface area (Å²) >= 11 is 6.02. The van der Waals surface area contributed by atoms with Gasteiger partial charge in [-0.2, -0.15) is 0 Å². The first-order valence-electron chi connectivity index (χ1n) is 9.72. The summed E-state index contributed by atoms with van der Waals surface area (Å²) in [5.41, 5.74) is 0.691. The number of benzene rings is 3. The largest absolute Gasteiger partial charge is 0.497 e. The Hall–Kier alpha value is -4.09. The van der Waals surface area contributed by atoms with E-state index in [1.165, 1.54) is 49.6 Å². The van der Waals surface area contributed by atoms with Crippen molar-refractivity contribution in [1.82, 2.24) is 9.71 Å². The second kappa shape index (κ2) is 9.04. The zero-order chi connectivity index (χ0) is 24.5. The lowest BCUT2D eigenvalue weighted by Gasteiger charge is -2.08. The number of rotatable bonds is 7. The van der Waals surface area contributed by atoms with Crippen LogP contribution in [0.15, 0.2) is 71.6 Å². The normalized spacial score (nSPS) is 11.2. The molecular formula is C22H17ClN4O6S. The lowest BCUT2D eigenvalue weighted by molar-refractivity contribution is -0.383. The van der Waals surface area contributed by atoms with Gasteiger partial charge in [0, 0.05) is 27.8 Å². The quantitative estimate of drug-likeness (QED) is 0.248. The van der Waals surface area contributed by atoms with Crippen molar-refractivity contribution < 1.29 is 22.9 Å². The number of methoxy groups -OCH3 is 1.